The smallest absolute Gasteiger partial charge is 0.0704 e. The van der Waals surface area contributed by atoms with E-state index in [1.54, 1.807) is 0 Å². The molecule has 124 valence electrons. The van der Waals surface area contributed by atoms with Gasteiger partial charge < -0.3 is 14.2 Å². The molecular weight excluding hydrogens is 264 g/mol. The van der Waals surface area contributed by atoms with Gasteiger partial charge in [-0.1, -0.05) is 32.9 Å². The second-order valence-corrected chi connectivity index (χ2v) is 6.86. The average Bonchev–Trinajstić information content (AvgIpc) is 2.41. The lowest BCUT2D eigenvalue weighted by molar-refractivity contribution is -0.0456. The minimum atomic E-state index is 0.326. The Morgan fingerprint density at radius 2 is 1.76 bits per heavy atom. The molecule has 21 heavy (non-hydrogen) atoms. The Labute approximate surface area is 131 Å². The maximum Gasteiger partial charge on any atom is 0.0704 e. The van der Waals surface area contributed by atoms with Gasteiger partial charge in [-0.25, -0.2) is 0 Å². The lowest BCUT2D eigenvalue weighted by Gasteiger charge is -2.35. The first-order valence-electron chi connectivity index (χ1n) is 8.43. The molecule has 0 aromatic rings. The zero-order valence-electron chi connectivity index (χ0n) is 14.4. The van der Waals surface area contributed by atoms with E-state index in [-0.39, 0.29) is 0 Å². The molecule has 1 fully saturated rings. The van der Waals surface area contributed by atoms with E-state index in [0.29, 0.717) is 44.4 Å². The fourth-order valence-corrected chi connectivity index (χ4v) is 2.87. The topological polar surface area (TPSA) is 27.7 Å². The highest BCUT2D eigenvalue weighted by Crippen LogP contribution is 2.34. The summed E-state index contributed by atoms with van der Waals surface area (Å²) in [6.45, 7) is 16.3. The van der Waals surface area contributed by atoms with Crippen LogP contribution in [0, 0.1) is 17.8 Å². The Morgan fingerprint density at radius 1 is 1.10 bits per heavy atom. The lowest BCUT2D eigenvalue weighted by Crippen LogP contribution is -2.32. The Kier molecular flexibility index (Phi) is 9.21. The fourth-order valence-electron chi connectivity index (χ4n) is 2.87. The minimum Gasteiger partial charge on any atom is -0.379 e. The highest BCUT2D eigenvalue weighted by Gasteiger charge is 2.29. The SMILES string of the molecule is C=C(C)C1CCC(C)CC1OCCOCCOCC(C)C. The second-order valence-electron chi connectivity index (χ2n) is 6.86. The maximum absolute atomic E-state index is 6.05. The quantitative estimate of drug-likeness (QED) is 0.449. The van der Waals surface area contributed by atoms with Gasteiger partial charge in [0.05, 0.1) is 32.5 Å². The molecule has 1 saturated carbocycles. The third-order valence-electron chi connectivity index (χ3n) is 4.07. The van der Waals surface area contributed by atoms with Crippen LogP contribution in [0.4, 0.5) is 0 Å². The number of hydrogen-bond donors (Lipinski definition) is 0. The molecule has 3 atom stereocenters. The van der Waals surface area contributed by atoms with Gasteiger partial charge in [-0.2, -0.15) is 0 Å². The monoisotopic (exact) mass is 298 g/mol. The summed E-state index contributed by atoms with van der Waals surface area (Å²) >= 11 is 0. The molecule has 0 spiro atoms. The summed E-state index contributed by atoms with van der Waals surface area (Å²) in [6.07, 6.45) is 3.98. The third-order valence-corrected chi connectivity index (χ3v) is 4.07. The molecule has 0 N–H and O–H groups in total. The lowest BCUT2D eigenvalue weighted by atomic mass is 9.78. The fraction of sp³-hybridized carbons (Fsp3) is 0.889. The highest BCUT2D eigenvalue weighted by atomic mass is 16.5. The van der Waals surface area contributed by atoms with Crippen molar-refractivity contribution < 1.29 is 14.2 Å². The molecule has 0 radical (unpaired) electrons. The van der Waals surface area contributed by atoms with E-state index in [2.05, 4.69) is 34.3 Å². The molecule has 3 nitrogen and oxygen atoms in total. The van der Waals surface area contributed by atoms with E-state index in [9.17, 15) is 0 Å². The number of rotatable bonds is 10. The van der Waals surface area contributed by atoms with Crippen LogP contribution in [0.1, 0.15) is 47.0 Å². The van der Waals surface area contributed by atoms with Crippen LogP contribution in [0.25, 0.3) is 0 Å². The van der Waals surface area contributed by atoms with Crippen molar-refractivity contribution in [2.45, 2.75) is 53.1 Å². The number of hydrogen-bond acceptors (Lipinski definition) is 3. The van der Waals surface area contributed by atoms with Crippen molar-refractivity contribution in [3.05, 3.63) is 12.2 Å². The van der Waals surface area contributed by atoms with Gasteiger partial charge in [0, 0.05) is 12.5 Å². The van der Waals surface area contributed by atoms with Crippen LogP contribution in [0.15, 0.2) is 12.2 Å². The highest BCUT2D eigenvalue weighted by molar-refractivity contribution is 5.02. The molecule has 0 bridgehead atoms. The van der Waals surface area contributed by atoms with Crippen molar-refractivity contribution in [3.8, 4) is 0 Å². The molecule has 3 unspecified atom stereocenters. The molecule has 0 aromatic carbocycles. The first kappa shape index (κ1) is 18.7. The van der Waals surface area contributed by atoms with Crippen molar-refractivity contribution in [2.75, 3.05) is 33.0 Å². The molecule has 0 saturated heterocycles. The van der Waals surface area contributed by atoms with Crippen LogP contribution in [0.3, 0.4) is 0 Å². The van der Waals surface area contributed by atoms with Gasteiger partial charge in [-0.15, -0.1) is 0 Å². The maximum atomic E-state index is 6.05. The van der Waals surface area contributed by atoms with Crippen molar-refractivity contribution >= 4 is 0 Å². The summed E-state index contributed by atoms with van der Waals surface area (Å²) in [5.74, 6) is 1.87. The van der Waals surface area contributed by atoms with E-state index in [4.69, 9.17) is 14.2 Å². The standard InChI is InChI=1S/C18H34O3/c1-14(2)13-20-9-8-19-10-11-21-18-12-16(5)6-7-17(18)15(3)4/h14,16-18H,3,6-13H2,1-2,4-5H3. The number of ether oxygens (including phenoxy) is 3. The van der Waals surface area contributed by atoms with Crippen LogP contribution in [-0.2, 0) is 14.2 Å². The molecule has 1 aliphatic rings. The zero-order valence-corrected chi connectivity index (χ0v) is 14.4. The van der Waals surface area contributed by atoms with Crippen molar-refractivity contribution in [1.82, 2.24) is 0 Å². The molecule has 0 amide bonds. The summed E-state index contributed by atoms with van der Waals surface area (Å²) in [4.78, 5) is 0. The van der Waals surface area contributed by atoms with E-state index in [1.165, 1.54) is 18.4 Å². The molecular formula is C18H34O3. The molecule has 3 heteroatoms. The van der Waals surface area contributed by atoms with E-state index < -0.39 is 0 Å². The van der Waals surface area contributed by atoms with Gasteiger partial charge in [-0.3, -0.25) is 0 Å². The average molecular weight is 298 g/mol. The van der Waals surface area contributed by atoms with Crippen LogP contribution >= 0.6 is 0 Å². The van der Waals surface area contributed by atoms with Crippen LogP contribution in [-0.4, -0.2) is 39.1 Å². The van der Waals surface area contributed by atoms with Crippen molar-refractivity contribution in [1.29, 1.82) is 0 Å². The van der Waals surface area contributed by atoms with Gasteiger partial charge in [0.25, 0.3) is 0 Å². The van der Waals surface area contributed by atoms with Gasteiger partial charge in [0.2, 0.25) is 0 Å². The molecule has 0 aromatic heterocycles. The minimum absolute atomic E-state index is 0.326. The Morgan fingerprint density at radius 3 is 2.43 bits per heavy atom. The van der Waals surface area contributed by atoms with Crippen LogP contribution < -0.4 is 0 Å². The third kappa shape index (κ3) is 7.98. The van der Waals surface area contributed by atoms with Crippen LogP contribution in [0.5, 0.6) is 0 Å². The Bertz CT molecular complexity index is 288. The van der Waals surface area contributed by atoms with E-state index in [1.807, 2.05) is 0 Å². The Hall–Kier alpha value is -0.380. The Balaban J connectivity index is 2.08. The summed E-state index contributed by atoms with van der Waals surface area (Å²) in [7, 11) is 0. The summed E-state index contributed by atoms with van der Waals surface area (Å²) in [6, 6.07) is 0. The zero-order chi connectivity index (χ0) is 15.7. The normalized spacial score (nSPS) is 26.2. The first-order valence-corrected chi connectivity index (χ1v) is 8.43. The summed E-state index contributed by atoms with van der Waals surface area (Å²) < 4.78 is 17.1. The van der Waals surface area contributed by atoms with Crippen molar-refractivity contribution in [3.63, 3.8) is 0 Å². The predicted molar refractivity (Wildman–Crippen MR) is 87.5 cm³/mol. The van der Waals surface area contributed by atoms with E-state index >= 15 is 0 Å². The van der Waals surface area contributed by atoms with E-state index in [0.717, 1.165) is 18.9 Å². The van der Waals surface area contributed by atoms with Gasteiger partial charge in [0.15, 0.2) is 0 Å². The molecule has 1 aliphatic carbocycles. The summed E-state index contributed by atoms with van der Waals surface area (Å²) in [5, 5.41) is 0. The summed E-state index contributed by atoms with van der Waals surface area (Å²) in [5.41, 5.74) is 1.26. The second kappa shape index (κ2) is 10.4. The largest absolute Gasteiger partial charge is 0.379 e. The first-order chi connectivity index (χ1) is 10.0. The van der Waals surface area contributed by atoms with Crippen molar-refractivity contribution in [2.24, 2.45) is 17.8 Å². The van der Waals surface area contributed by atoms with Gasteiger partial charge >= 0.3 is 0 Å². The van der Waals surface area contributed by atoms with Crippen LogP contribution in [0.2, 0.25) is 0 Å². The molecule has 1 rings (SSSR count). The van der Waals surface area contributed by atoms with Gasteiger partial charge in [0.1, 0.15) is 0 Å². The predicted octanol–water partition coefficient (Wildman–Crippen LogP) is 4.07. The molecule has 0 aliphatic heterocycles. The van der Waals surface area contributed by atoms with Gasteiger partial charge in [-0.05, 0) is 38.0 Å². The molecule has 0 heterocycles.